The summed E-state index contributed by atoms with van der Waals surface area (Å²) < 4.78 is 37.9. The third kappa shape index (κ3) is 3.55. The maximum absolute atomic E-state index is 14.3. The summed E-state index contributed by atoms with van der Waals surface area (Å²) in [5.41, 5.74) is 2.09. The molecule has 0 spiro atoms. The van der Waals surface area contributed by atoms with Crippen molar-refractivity contribution >= 4 is 28.3 Å². The van der Waals surface area contributed by atoms with Gasteiger partial charge >= 0.3 is 0 Å². The first-order valence-corrected chi connectivity index (χ1v) is 9.33. The minimum Gasteiger partial charge on any atom is -0.771 e. The van der Waals surface area contributed by atoms with E-state index in [4.69, 9.17) is 11.6 Å². The molecule has 1 heterocycles. The Hall–Kier alpha value is -1.53. The van der Waals surface area contributed by atoms with Crippen molar-refractivity contribution in [2.24, 2.45) is 0 Å². The first-order chi connectivity index (χ1) is 11.8. The van der Waals surface area contributed by atoms with E-state index in [0.29, 0.717) is 17.1 Å². The van der Waals surface area contributed by atoms with Gasteiger partial charge in [0.1, 0.15) is 5.82 Å². The number of benzene rings is 2. The molecule has 2 aromatic rings. The molecule has 2 aromatic carbocycles. The van der Waals surface area contributed by atoms with Gasteiger partial charge in [0.2, 0.25) is 0 Å². The van der Waals surface area contributed by atoms with Crippen LogP contribution < -0.4 is 0 Å². The predicted octanol–water partition coefficient (Wildman–Crippen LogP) is 4.53. The van der Waals surface area contributed by atoms with Gasteiger partial charge in [-0.05, 0) is 54.3 Å². The molecule has 0 N–H and O–H groups in total. The maximum atomic E-state index is 14.3. The molecule has 0 radical (unpaired) electrons. The van der Waals surface area contributed by atoms with E-state index in [1.165, 1.54) is 12.1 Å². The van der Waals surface area contributed by atoms with E-state index in [1.54, 1.807) is 19.9 Å². The lowest BCUT2D eigenvalue weighted by molar-refractivity contribution is 0.181. The molecule has 2 atom stereocenters. The molecule has 3 nitrogen and oxygen atoms in total. The normalized spacial score (nSPS) is 19.7. The lowest BCUT2D eigenvalue weighted by Crippen LogP contribution is -2.47. The van der Waals surface area contributed by atoms with Gasteiger partial charge in [-0.1, -0.05) is 48.0 Å². The molecule has 0 bridgehead atoms. The van der Waals surface area contributed by atoms with E-state index in [1.807, 2.05) is 41.3 Å². The Bertz CT molecular complexity index is 839. The summed E-state index contributed by atoms with van der Waals surface area (Å²) in [5.74, 6) is -0.370. The molecule has 132 valence electrons. The highest BCUT2D eigenvalue weighted by Gasteiger charge is 2.38. The molecular weight excluding hydrogens is 361 g/mol. The summed E-state index contributed by atoms with van der Waals surface area (Å²) in [6.45, 7) is 3.62. The van der Waals surface area contributed by atoms with Crippen LogP contribution in [0.4, 0.5) is 4.39 Å². The van der Waals surface area contributed by atoms with Gasteiger partial charge in [0.25, 0.3) is 0 Å². The quantitative estimate of drug-likeness (QED) is 0.734. The molecule has 1 aliphatic rings. The zero-order chi connectivity index (χ0) is 18.2. The van der Waals surface area contributed by atoms with Crippen LogP contribution in [-0.4, -0.2) is 25.1 Å². The fraction of sp³-hybridized carbons (Fsp3) is 0.263. The molecule has 0 aromatic heterocycles. The van der Waals surface area contributed by atoms with E-state index in [-0.39, 0.29) is 11.9 Å². The van der Waals surface area contributed by atoms with Crippen LogP contribution in [0, 0.1) is 5.82 Å². The fourth-order valence-electron chi connectivity index (χ4n) is 3.08. The van der Waals surface area contributed by atoms with Gasteiger partial charge in [-0.3, -0.25) is 9.11 Å². The molecule has 0 fully saturated rings. The summed E-state index contributed by atoms with van der Waals surface area (Å²) in [7, 11) is 0. The van der Waals surface area contributed by atoms with Crippen LogP contribution in [0.25, 0.3) is 5.57 Å². The van der Waals surface area contributed by atoms with E-state index in [0.717, 1.165) is 11.1 Å². The largest absolute Gasteiger partial charge is 0.771 e. The Balaban J connectivity index is 2.08. The van der Waals surface area contributed by atoms with Crippen molar-refractivity contribution < 1.29 is 13.2 Å². The van der Waals surface area contributed by atoms with E-state index >= 15 is 0 Å². The van der Waals surface area contributed by atoms with Crippen molar-refractivity contribution in [2.45, 2.75) is 24.8 Å². The molecule has 0 saturated carbocycles. The highest BCUT2D eigenvalue weighted by Crippen LogP contribution is 2.40. The standard InChI is InChI=1S/C19H19ClFNO2S/c1-19(2,25(23)24)22-12-14(16-11-15(20)8-9-17(16)21)10-18(22)13-6-4-3-5-7-13/h3-11,18H,12H2,1-2H3,(H,23,24)/p-1. The molecule has 0 saturated heterocycles. The second-order valence-corrected chi connectivity index (χ2v) is 8.39. The number of hydrogen-bond acceptors (Lipinski definition) is 3. The zero-order valence-corrected chi connectivity index (χ0v) is 15.5. The average molecular weight is 379 g/mol. The number of hydrogen-bond donors (Lipinski definition) is 0. The topological polar surface area (TPSA) is 43.4 Å². The van der Waals surface area contributed by atoms with Crippen LogP contribution in [0.5, 0.6) is 0 Å². The third-order valence-electron chi connectivity index (χ3n) is 4.55. The van der Waals surface area contributed by atoms with Crippen LogP contribution >= 0.6 is 11.6 Å². The Morgan fingerprint density at radius 3 is 2.56 bits per heavy atom. The van der Waals surface area contributed by atoms with Gasteiger partial charge in [0.05, 0.1) is 10.9 Å². The Labute approximate surface area is 154 Å². The molecule has 0 aliphatic carbocycles. The van der Waals surface area contributed by atoms with Crippen LogP contribution in [0.3, 0.4) is 0 Å². The van der Waals surface area contributed by atoms with Gasteiger partial charge in [-0.25, -0.2) is 4.39 Å². The molecule has 25 heavy (non-hydrogen) atoms. The van der Waals surface area contributed by atoms with Crippen LogP contribution in [-0.2, 0) is 11.1 Å². The Kier molecular flexibility index (Phi) is 5.11. The average Bonchev–Trinajstić information content (AvgIpc) is 3.03. The highest BCUT2D eigenvalue weighted by atomic mass is 35.5. The zero-order valence-electron chi connectivity index (χ0n) is 13.9. The van der Waals surface area contributed by atoms with E-state index in [9.17, 15) is 13.2 Å². The first kappa shape index (κ1) is 18.3. The smallest absolute Gasteiger partial charge is 0.130 e. The lowest BCUT2D eigenvalue weighted by atomic mass is 10.0. The summed E-state index contributed by atoms with van der Waals surface area (Å²) in [6.07, 6.45) is 1.92. The van der Waals surface area contributed by atoms with E-state index in [2.05, 4.69) is 0 Å². The van der Waals surface area contributed by atoms with Gasteiger partial charge in [0, 0.05) is 17.1 Å². The van der Waals surface area contributed by atoms with Crippen LogP contribution in [0.15, 0.2) is 54.6 Å². The van der Waals surface area contributed by atoms with Gasteiger partial charge in [-0.2, -0.15) is 0 Å². The van der Waals surface area contributed by atoms with Crippen molar-refractivity contribution in [3.63, 3.8) is 0 Å². The van der Waals surface area contributed by atoms with Gasteiger partial charge < -0.3 is 4.55 Å². The lowest BCUT2D eigenvalue weighted by Gasteiger charge is -2.41. The second kappa shape index (κ2) is 7.00. The molecular formula is C19H18ClFNO2S-. The minimum atomic E-state index is -2.32. The SMILES string of the molecule is CC(C)(N1CC(c2cc(Cl)ccc2F)=CC1c1ccccc1)S(=O)[O-]. The molecule has 0 amide bonds. The molecule has 1 aliphatic heterocycles. The predicted molar refractivity (Wildman–Crippen MR) is 98.3 cm³/mol. The Morgan fingerprint density at radius 2 is 1.92 bits per heavy atom. The van der Waals surface area contributed by atoms with E-state index < -0.39 is 16.0 Å². The molecule has 3 rings (SSSR count). The second-order valence-electron chi connectivity index (χ2n) is 6.48. The number of rotatable bonds is 4. The Morgan fingerprint density at radius 1 is 1.24 bits per heavy atom. The van der Waals surface area contributed by atoms with Crippen molar-refractivity contribution in [3.8, 4) is 0 Å². The molecule has 6 heteroatoms. The monoisotopic (exact) mass is 378 g/mol. The fourth-order valence-corrected chi connectivity index (χ4v) is 3.62. The first-order valence-electron chi connectivity index (χ1n) is 7.88. The van der Waals surface area contributed by atoms with Crippen LogP contribution in [0.2, 0.25) is 5.02 Å². The third-order valence-corrected chi connectivity index (χ3v) is 5.84. The summed E-state index contributed by atoms with van der Waals surface area (Å²) in [4.78, 5) is 0.745. The van der Waals surface area contributed by atoms with Crippen molar-refractivity contribution in [2.75, 3.05) is 6.54 Å². The van der Waals surface area contributed by atoms with Gasteiger partial charge in [0.15, 0.2) is 0 Å². The minimum absolute atomic E-state index is 0.262. The van der Waals surface area contributed by atoms with Crippen molar-refractivity contribution in [1.82, 2.24) is 4.90 Å². The number of halogens is 2. The molecule has 2 unspecified atom stereocenters. The summed E-state index contributed by atoms with van der Waals surface area (Å²) >= 11 is 3.70. The highest BCUT2D eigenvalue weighted by molar-refractivity contribution is 7.80. The number of nitrogens with zero attached hydrogens (tertiary/aromatic N) is 1. The van der Waals surface area contributed by atoms with Gasteiger partial charge in [-0.15, -0.1) is 0 Å². The summed E-state index contributed by atoms with van der Waals surface area (Å²) in [5, 5.41) is 0.443. The maximum Gasteiger partial charge on any atom is 0.130 e. The van der Waals surface area contributed by atoms with Crippen molar-refractivity contribution in [3.05, 3.63) is 76.6 Å². The van der Waals surface area contributed by atoms with Crippen LogP contribution in [0.1, 0.15) is 31.0 Å². The summed E-state index contributed by atoms with van der Waals surface area (Å²) in [6, 6.07) is 13.7. The van der Waals surface area contributed by atoms with Crippen molar-refractivity contribution in [1.29, 1.82) is 0 Å².